The molecule has 5 heteroatoms. The van der Waals surface area contributed by atoms with Gasteiger partial charge in [-0.05, 0) is 39.2 Å². The summed E-state index contributed by atoms with van der Waals surface area (Å²) in [5, 5.41) is 5.01. The Balaban J connectivity index is 2.14. The summed E-state index contributed by atoms with van der Waals surface area (Å²) < 4.78 is 1.84. The molecule has 1 aliphatic carbocycles. The van der Waals surface area contributed by atoms with Gasteiger partial charge in [-0.2, -0.15) is 5.10 Å². The van der Waals surface area contributed by atoms with Crippen LogP contribution in [0.5, 0.6) is 0 Å². The summed E-state index contributed by atoms with van der Waals surface area (Å²) in [5.74, 6) is 0.719. The van der Waals surface area contributed by atoms with E-state index in [0.717, 1.165) is 37.2 Å². The molecule has 0 radical (unpaired) electrons. The van der Waals surface area contributed by atoms with Crippen LogP contribution in [0.15, 0.2) is 0 Å². The molecule has 1 fully saturated rings. The second kappa shape index (κ2) is 6.72. The number of nitrogens with two attached hydrogens (primary N) is 1. The first-order chi connectivity index (χ1) is 9.58. The van der Waals surface area contributed by atoms with E-state index in [0.29, 0.717) is 23.9 Å². The van der Waals surface area contributed by atoms with E-state index in [1.807, 2.05) is 18.5 Å². The molecule has 1 heterocycles. The zero-order valence-electron chi connectivity index (χ0n) is 12.4. The predicted octanol–water partition coefficient (Wildman–Crippen LogP) is 2.74. The fraction of sp³-hybridized carbons (Fsp3) is 0.733. The lowest BCUT2D eigenvalue weighted by molar-refractivity contribution is -0.124. The van der Waals surface area contributed by atoms with Crippen molar-refractivity contribution in [3.63, 3.8) is 0 Å². The van der Waals surface area contributed by atoms with Crippen LogP contribution in [0.4, 0.5) is 0 Å². The molecule has 1 aliphatic rings. The Hall–Kier alpha value is -0.870. The van der Waals surface area contributed by atoms with Crippen molar-refractivity contribution < 1.29 is 4.79 Å². The van der Waals surface area contributed by atoms with E-state index < -0.39 is 0 Å². The van der Waals surface area contributed by atoms with Gasteiger partial charge >= 0.3 is 0 Å². The third-order valence-corrected chi connectivity index (χ3v) is 4.91. The van der Waals surface area contributed by atoms with Crippen LogP contribution in [0.2, 0.25) is 5.02 Å². The van der Waals surface area contributed by atoms with Crippen molar-refractivity contribution in [3.8, 4) is 0 Å². The average molecular weight is 298 g/mol. The van der Waals surface area contributed by atoms with E-state index in [1.54, 1.807) is 0 Å². The molecule has 1 saturated carbocycles. The molecule has 1 aromatic heterocycles. The molecule has 4 nitrogen and oxygen atoms in total. The topological polar surface area (TPSA) is 60.9 Å². The molecular formula is C15H24ClN3O. The molecule has 0 aliphatic heterocycles. The number of nitrogens with zero attached hydrogens (tertiary/aromatic N) is 2. The molecule has 0 spiro atoms. The van der Waals surface area contributed by atoms with E-state index in [1.165, 1.54) is 6.42 Å². The van der Waals surface area contributed by atoms with Crippen molar-refractivity contribution in [1.29, 1.82) is 0 Å². The first-order valence-corrected chi connectivity index (χ1v) is 7.90. The number of hydrogen-bond acceptors (Lipinski definition) is 3. The van der Waals surface area contributed by atoms with Crippen LogP contribution in [0.1, 0.15) is 44.0 Å². The van der Waals surface area contributed by atoms with Crippen molar-refractivity contribution in [3.05, 3.63) is 16.4 Å². The standard InChI is InChI=1S/C15H24ClN3O/c1-3-19-13(15(16)10(2)18-19)8-14(20)12-7-5-4-6-11(12)9-17/h11-12H,3-9,17H2,1-2H3. The molecule has 20 heavy (non-hydrogen) atoms. The number of aromatic nitrogens is 2. The van der Waals surface area contributed by atoms with Crippen LogP contribution in [0.25, 0.3) is 0 Å². The summed E-state index contributed by atoms with van der Waals surface area (Å²) in [6.07, 6.45) is 4.75. The summed E-state index contributed by atoms with van der Waals surface area (Å²) in [6, 6.07) is 0. The Labute approximate surface area is 125 Å². The molecule has 2 N–H and O–H groups in total. The number of Topliss-reactive ketones (excluding diaryl/α,β-unsaturated/α-hetero) is 1. The summed E-state index contributed by atoms with van der Waals surface area (Å²) in [4.78, 5) is 12.6. The number of rotatable bonds is 5. The minimum Gasteiger partial charge on any atom is -0.330 e. The van der Waals surface area contributed by atoms with Crippen LogP contribution in [0.3, 0.4) is 0 Å². The molecule has 0 aromatic carbocycles. The second-order valence-electron chi connectivity index (χ2n) is 5.69. The van der Waals surface area contributed by atoms with Gasteiger partial charge in [-0.15, -0.1) is 0 Å². The number of halogens is 1. The van der Waals surface area contributed by atoms with Crippen LogP contribution in [-0.2, 0) is 17.8 Å². The summed E-state index contributed by atoms with van der Waals surface area (Å²) >= 11 is 6.29. The fourth-order valence-corrected chi connectivity index (χ4v) is 3.45. The monoisotopic (exact) mass is 297 g/mol. The van der Waals surface area contributed by atoms with E-state index in [4.69, 9.17) is 17.3 Å². The number of carbonyl (C=O) groups excluding carboxylic acids is 1. The van der Waals surface area contributed by atoms with Gasteiger partial charge in [-0.25, -0.2) is 0 Å². The summed E-state index contributed by atoms with van der Waals surface area (Å²) in [7, 11) is 0. The van der Waals surface area contributed by atoms with Gasteiger partial charge in [-0.1, -0.05) is 24.4 Å². The van der Waals surface area contributed by atoms with Crippen LogP contribution in [-0.4, -0.2) is 22.1 Å². The number of ketones is 1. The van der Waals surface area contributed by atoms with Gasteiger partial charge in [0, 0.05) is 12.5 Å². The SMILES string of the molecule is CCn1nc(C)c(Cl)c1CC(=O)C1CCCCC1CN. The van der Waals surface area contributed by atoms with Gasteiger partial charge in [0.05, 0.1) is 22.8 Å². The molecular weight excluding hydrogens is 274 g/mol. The van der Waals surface area contributed by atoms with Crippen molar-refractivity contribution in [2.45, 2.75) is 52.5 Å². The van der Waals surface area contributed by atoms with Crippen LogP contribution < -0.4 is 5.73 Å². The Morgan fingerprint density at radius 2 is 2.15 bits per heavy atom. The average Bonchev–Trinajstić information content (AvgIpc) is 2.74. The van der Waals surface area contributed by atoms with E-state index in [2.05, 4.69) is 5.10 Å². The highest BCUT2D eigenvalue weighted by Crippen LogP contribution is 2.32. The molecule has 2 atom stereocenters. The Kier molecular flexibility index (Phi) is 5.22. The normalized spacial score (nSPS) is 23.0. The van der Waals surface area contributed by atoms with Gasteiger partial charge < -0.3 is 5.73 Å². The van der Waals surface area contributed by atoms with Crippen molar-refractivity contribution in [2.75, 3.05) is 6.54 Å². The third kappa shape index (κ3) is 3.07. The lowest BCUT2D eigenvalue weighted by atomic mass is 9.76. The zero-order valence-corrected chi connectivity index (χ0v) is 13.1. The Morgan fingerprint density at radius 1 is 1.45 bits per heavy atom. The summed E-state index contributed by atoms with van der Waals surface area (Å²) in [6.45, 7) is 5.24. The van der Waals surface area contributed by atoms with E-state index in [-0.39, 0.29) is 11.7 Å². The van der Waals surface area contributed by atoms with Gasteiger partial charge in [-0.3, -0.25) is 9.48 Å². The van der Waals surface area contributed by atoms with E-state index >= 15 is 0 Å². The highest BCUT2D eigenvalue weighted by molar-refractivity contribution is 6.32. The van der Waals surface area contributed by atoms with Gasteiger partial charge in [0.25, 0.3) is 0 Å². The molecule has 2 rings (SSSR count). The zero-order chi connectivity index (χ0) is 14.7. The molecule has 1 aromatic rings. The van der Waals surface area contributed by atoms with Crippen molar-refractivity contribution in [2.24, 2.45) is 17.6 Å². The molecule has 0 amide bonds. The maximum Gasteiger partial charge on any atom is 0.142 e. The molecule has 2 unspecified atom stereocenters. The second-order valence-corrected chi connectivity index (χ2v) is 6.07. The van der Waals surface area contributed by atoms with Gasteiger partial charge in [0.1, 0.15) is 5.78 Å². The lowest BCUT2D eigenvalue weighted by Gasteiger charge is -2.29. The minimum absolute atomic E-state index is 0.102. The number of carbonyl (C=O) groups is 1. The molecule has 0 saturated heterocycles. The van der Waals surface area contributed by atoms with Gasteiger partial charge in [0.2, 0.25) is 0 Å². The van der Waals surface area contributed by atoms with Crippen LogP contribution >= 0.6 is 11.6 Å². The number of aryl methyl sites for hydroxylation is 2. The smallest absolute Gasteiger partial charge is 0.142 e. The van der Waals surface area contributed by atoms with E-state index in [9.17, 15) is 4.79 Å². The first kappa shape index (κ1) is 15.5. The quantitative estimate of drug-likeness (QED) is 0.909. The third-order valence-electron chi connectivity index (χ3n) is 4.42. The number of hydrogen-bond donors (Lipinski definition) is 1. The maximum absolute atomic E-state index is 12.6. The fourth-order valence-electron chi connectivity index (χ4n) is 3.25. The Bertz CT molecular complexity index is 484. The lowest BCUT2D eigenvalue weighted by Crippen LogP contribution is -2.33. The maximum atomic E-state index is 12.6. The van der Waals surface area contributed by atoms with Crippen molar-refractivity contribution >= 4 is 17.4 Å². The first-order valence-electron chi connectivity index (χ1n) is 7.53. The highest BCUT2D eigenvalue weighted by Gasteiger charge is 2.30. The Morgan fingerprint density at radius 3 is 2.80 bits per heavy atom. The predicted molar refractivity (Wildman–Crippen MR) is 80.9 cm³/mol. The highest BCUT2D eigenvalue weighted by atomic mass is 35.5. The molecule has 112 valence electrons. The van der Waals surface area contributed by atoms with Crippen molar-refractivity contribution in [1.82, 2.24) is 9.78 Å². The molecule has 0 bridgehead atoms. The largest absolute Gasteiger partial charge is 0.330 e. The minimum atomic E-state index is 0.102. The van der Waals surface area contributed by atoms with Crippen LogP contribution in [0, 0.1) is 18.8 Å². The van der Waals surface area contributed by atoms with Gasteiger partial charge in [0.15, 0.2) is 0 Å². The summed E-state index contributed by atoms with van der Waals surface area (Å²) in [5.41, 5.74) is 7.48.